The Kier molecular flexibility index (Phi) is 10.9. The minimum absolute atomic E-state index is 0.0432. The van der Waals surface area contributed by atoms with E-state index >= 15 is 0 Å². The number of hydrazine groups is 1. The van der Waals surface area contributed by atoms with Crippen molar-refractivity contribution in [2.75, 3.05) is 32.0 Å². The lowest BCUT2D eigenvalue weighted by atomic mass is 10.0. The Morgan fingerprint density at radius 2 is 1.94 bits per heavy atom. The number of nitrogens with two attached hydrogens (primary N) is 3. The van der Waals surface area contributed by atoms with Crippen LogP contribution in [-0.4, -0.2) is 62.9 Å². The van der Waals surface area contributed by atoms with Gasteiger partial charge in [0, 0.05) is 43.2 Å². The van der Waals surface area contributed by atoms with E-state index in [1.807, 2.05) is 17.8 Å². The summed E-state index contributed by atoms with van der Waals surface area (Å²) in [5, 5.41) is 9.05. The van der Waals surface area contributed by atoms with Gasteiger partial charge in [-0.3, -0.25) is 9.69 Å². The third-order valence-electron chi connectivity index (χ3n) is 5.91. The second-order valence-electron chi connectivity index (χ2n) is 8.45. The van der Waals surface area contributed by atoms with E-state index in [2.05, 4.69) is 26.7 Å². The van der Waals surface area contributed by atoms with Crippen molar-refractivity contribution in [1.82, 2.24) is 24.7 Å². The first-order valence-corrected chi connectivity index (χ1v) is 11.7. The first-order chi connectivity index (χ1) is 17.2. The lowest BCUT2D eigenvalue weighted by Crippen LogP contribution is -2.46. The fraction of sp³-hybridized carbons (Fsp3) is 0.458. The van der Waals surface area contributed by atoms with Crippen molar-refractivity contribution in [2.24, 2.45) is 16.8 Å². The van der Waals surface area contributed by atoms with E-state index in [1.54, 1.807) is 24.5 Å². The lowest BCUT2D eigenvalue weighted by molar-refractivity contribution is 0.169. The number of halogens is 3. The minimum atomic E-state index is -1.16. The lowest BCUT2D eigenvalue weighted by Gasteiger charge is -2.31. The van der Waals surface area contributed by atoms with Crippen molar-refractivity contribution in [3.63, 3.8) is 0 Å². The van der Waals surface area contributed by atoms with Crippen LogP contribution in [0.5, 0.6) is 0 Å². The predicted molar refractivity (Wildman–Crippen MR) is 138 cm³/mol. The second-order valence-corrected chi connectivity index (χ2v) is 8.45. The molecule has 0 radical (unpaired) electrons. The Labute approximate surface area is 210 Å². The number of hydrogen-bond donors (Lipinski definition) is 3. The molecule has 2 aromatic rings. The molecule has 198 valence electrons. The van der Waals surface area contributed by atoms with Crippen molar-refractivity contribution in [1.29, 1.82) is 0 Å². The quantitative estimate of drug-likeness (QED) is 0.171. The molecule has 12 heteroatoms. The fourth-order valence-corrected chi connectivity index (χ4v) is 3.89. The van der Waals surface area contributed by atoms with Gasteiger partial charge in [-0.2, -0.15) is 10.2 Å². The third-order valence-corrected chi connectivity index (χ3v) is 5.91. The van der Waals surface area contributed by atoms with Gasteiger partial charge in [-0.05, 0) is 39.7 Å². The van der Waals surface area contributed by atoms with E-state index < -0.39 is 17.7 Å². The highest BCUT2D eigenvalue weighted by molar-refractivity contribution is 6.03. The number of nitrogens with zero attached hydrogens (tertiary/aromatic N) is 6. The summed E-state index contributed by atoms with van der Waals surface area (Å²) in [6, 6.07) is 0.734. The molecule has 3 rings (SSSR count). The van der Waals surface area contributed by atoms with Crippen LogP contribution in [0, 0.1) is 0 Å². The predicted octanol–water partition coefficient (Wildman–Crippen LogP) is 3.68. The van der Waals surface area contributed by atoms with Gasteiger partial charge in [0.15, 0.2) is 11.7 Å². The minimum Gasteiger partial charge on any atom is -0.383 e. The van der Waals surface area contributed by atoms with Crippen molar-refractivity contribution in [3.05, 3.63) is 54.5 Å². The Hall–Kier alpha value is -3.38. The van der Waals surface area contributed by atoms with E-state index in [-0.39, 0.29) is 29.9 Å². The van der Waals surface area contributed by atoms with Crippen molar-refractivity contribution < 1.29 is 13.2 Å². The van der Waals surface area contributed by atoms with Gasteiger partial charge in [0.1, 0.15) is 18.3 Å². The number of amidine groups is 1. The van der Waals surface area contributed by atoms with Gasteiger partial charge in [0.2, 0.25) is 0 Å². The van der Waals surface area contributed by atoms with E-state index in [0.29, 0.717) is 12.1 Å². The number of allylic oxidation sites excluding steroid dienone is 2. The monoisotopic (exact) mass is 507 g/mol. The molecule has 3 heterocycles. The molecule has 0 spiro atoms. The van der Waals surface area contributed by atoms with Crippen molar-refractivity contribution >= 4 is 11.7 Å². The number of aromatic nitrogens is 3. The zero-order valence-corrected chi connectivity index (χ0v) is 21.0. The number of hydrazone groups is 1. The second kappa shape index (κ2) is 13.6. The molecule has 9 nitrogen and oxygen atoms in total. The smallest absolute Gasteiger partial charge is 0.173 e. The summed E-state index contributed by atoms with van der Waals surface area (Å²) in [5.41, 5.74) is 7.76. The number of hydrogen-bond acceptors (Lipinski definition) is 7. The molecule has 1 fully saturated rings. The van der Waals surface area contributed by atoms with Crippen LogP contribution >= 0.6 is 0 Å². The number of alkyl halides is 1. The average molecular weight is 508 g/mol. The van der Waals surface area contributed by atoms with E-state index in [1.165, 1.54) is 6.92 Å². The summed E-state index contributed by atoms with van der Waals surface area (Å²) < 4.78 is 41.9. The standard InChI is InChI=1S/C21H30F3N9.C3H6/c1-13(23)19(24)14(2)33(27)21(30-26)18-9-15(10-28-20(18)25)16-11-29-32(12-16)17-3-6-31(7-4-17)8-5-22;1-3-2/h9-12,14,17H,3-8,26-27H2,1-2H3,(H2,25,28);3H,1H2,2H3/b19-13-,30-21-;. The molecule has 1 saturated heterocycles. The number of anilines is 1. The SMILES string of the molecule is C/C(F)=C(/F)C(C)N(N)/C(=N\N)c1cc(-c2cnn(C3CCN(CCF)CC3)c2)cnc1N.C=CC. The molecule has 0 saturated carbocycles. The summed E-state index contributed by atoms with van der Waals surface area (Å²) in [6.07, 6.45) is 8.70. The molecule has 6 N–H and O–H groups in total. The highest BCUT2D eigenvalue weighted by Crippen LogP contribution is 2.27. The maximum absolute atomic E-state index is 14.1. The number of likely N-dealkylation sites (tertiary alicyclic amines) is 1. The van der Waals surface area contributed by atoms with Crippen LogP contribution in [0.4, 0.5) is 19.0 Å². The largest absolute Gasteiger partial charge is 0.383 e. The van der Waals surface area contributed by atoms with Gasteiger partial charge in [0.05, 0.1) is 23.8 Å². The van der Waals surface area contributed by atoms with Crippen LogP contribution in [-0.2, 0) is 0 Å². The first kappa shape index (κ1) is 28.9. The van der Waals surface area contributed by atoms with Crippen LogP contribution in [0.2, 0.25) is 0 Å². The Bertz CT molecular complexity index is 1050. The zero-order valence-electron chi connectivity index (χ0n) is 21.0. The maximum atomic E-state index is 14.1. The normalized spacial score (nSPS) is 16.6. The van der Waals surface area contributed by atoms with Crippen LogP contribution < -0.4 is 17.4 Å². The van der Waals surface area contributed by atoms with Crippen LogP contribution in [0.3, 0.4) is 0 Å². The maximum Gasteiger partial charge on any atom is 0.173 e. The van der Waals surface area contributed by atoms with Gasteiger partial charge in [-0.15, -0.1) is 6.58 Å². The summed E-state index contributed by atoms with van der Waals surface area (Å²) in [5.74, 6) is 9.52. The van der Waals surface area contributed by atoms with Gasteiger partial charge >= 0.3 is 0 Å². The van der Waals surface area contributed by atoms with Crippen LogP contribution in [0.15, 0.2) is 54.1 Å². The van der Waals surface area contributed by atoms with Crippen molar-refractivity contribution in [3.8, 4) is 11.1 Å². The number of rotatable bonds is 7. The highest BCUT2D eigenvalue weighted by Gasteiger charge is 2.25. The summed E-state index contributed by atoms with van der Waals surface area (Å²) >= 11 is 0. The zero-order chi connectivity index (χ0) is 26.8. The van der Waals surface area contributed by atoms with Crippen LogP contribution in [0.1, 0.15) is 45.2 Å². The fourth-order valence-electron chi connectivity index (χ4n) is 3.89. The molecule has 0 aromatic carbocycles. The number of nitrogen functional groups attached to an aromatic ring is 1. The van der Waals surface area contributed by atoms with E-state index in [9.17, 15) is 13.2 Å². The van der Waals surface area contributed by atoms with Gasteiger partial charge in [-0.1, -0.05) is 6.08 Å². The highest BCUT2D eigenvalue weighted by atomic mass is 19.2. The topological polar surface area (TPSA) is 128 Å². The summed E-state index contributed by atoms with van der Waals surface area (Å²) in [7, 11) is 0. The van der Waals surface area contributed by atoms with Crippen molar-refractivity contribution in [2.45, 2.75) is 45.7 Å². The Balaban J connectivity index is 0.00000145. The number of pyridine rings is 1. The summed E-state index contributed by atoms with van der Waals surface area (Å²) in [6.45, 7) is 9.39. The van der Waals surface area contributed by atoms with Crippen LogP contribution in [0.25, 0.3) is 11.1 Å². The Morgan fingerprint density at radius 3 is 2.50 bits per heavy atom. The summed E-state index contributed by atoms with van der Waals surface area (Å²) in [4.78, 5) is 6.30. The molecule has 36 heavy (non-hydrogen) atoms. The van der Waals surface area contributed by atoms with Gasteiger partial charge in [0.25, 0.3) is 0 Å². The molecule has 2 aromatic heterocycles. The van der Waals surface area contributed by atoms with E-state index in [0.717, 1.165) is 43.4 Å². The molecule has 1 unspecified atom stereocenters. The molecule has 1 aliphatic heterocycles. The molecule has 1 atom stereocenters. The molecule has 1 aliphatic rings. The van der Waals surface area contributed by atoms with Gasteiger partial charge < -0.3 is 16.5 Å². The molecule has 0 amide bonds. The molecular weight excluding hydrogens is 471 g/mol. The molecule has 0 bridgehead atoms. The van der Waals surface area contributed by atoms with Gasteiger partial charge in [-0.25, -0.2) is 24.0 Å². The molecule has 0 aliphatic carbocycles. The Morgan fingerprint density at radius 1 is 1.31 bits per heavy atom. The average Bonchev–Trinajstić information content (AvgIpc) is 3.36. The third kappa shape index (κ3) is 7.08. The van der Waals surface area contributed by atoms with E-state index in [4.69, 9.17) is 17.4 Å². The number of piperidine rings is 1. The first-order valence-electron chi connectivity index (χ1n) is 11.7. The molecular formula is C24H36F3N9.